The summed E-state index contributed by atoms with van der Waals surface area (Å²) in [5, 5.41) is 10.9. The van der Waals surface area contributed by atoms with Gasteiger partial charge in [0.1, 0.15) is 5.82 Å². The first-order valence-electron chi connectivity index (χ1n) is 6.53. The molecule has 4 heteroatoms. The van der Waals surface area contributed by atoms with Gasteiger partial charge in [0.25, 0.3) is 0 Å². The number of anilines is 1. The molecule has 0 amide bonds. The van der Waals surface area contributed by atoms with Crippen LogP contribution in [-0.2, 0) is 18.4 Å². The predicted molar refractivity (Wildman–Crippen MR) is 80.9 cm³/mol. The first-order chi connectivity index (χ1) is 9.48. The second kappa shape index (κ2) is 4.86. The van der Waals surface area contributed by atoms with Crippen molar-refractivity contribution >= 4 is 21.6 Å². The number of nitrogen functional groups attached to an aromatic ring is 1. The summed E-state index contributed by atoms with van der Waals surface area (Å²) in [7, 11) is 0. The van der Waals surface area contributed by atoms with Gasteiger partial charge in [-0.25, -0.2) is 4.39 Å². The van der Waals surface area contributed by atoms with Crippen LogP contribution in [0, 0.1) is 5.82 Å². The Morgan fingerprint density at radius 3 is 2.85 bits per heavy atom. The number of rotatable bonds is 2. The lowest BCUT2D eigenvalue weighted by Crippen LogP contribution is -2.25. The Balaban J connectivity index is 1.98. The molecule has 0 spiro atoms. The second-order valence-corrected chi connectivity index (χ2v) is 6.22. The highest BCUT2D eigenvalue weighted by Crippen LogP contribution is 2.41. The van der Waals surface area contributed by atoms with Gasteiger partial charge in [0.05, 0.1) is 5.60 Å². The van der Waals surface area contributed by atoms with Crippen molar-refractivity contribution in [2.75, 3.05) is 5.73 Å². The van der Waals surface area contributed by atoms with Crippen molar-refractivity contribution in [3.05, 3.63) is 63.4 Å². The number of aryl methyl sites for hydroxylation is 1. The van der Waals surface area contributed by atoms with Gasteiger partial charge in [-0.1, -0.05) is 22.0 Å². The standard InChI is InChI=1S/C16H15BrFNO/c17-15-4-1-12(18)7-11(15)9-16(20)6-5-10-8-13(19)2-3-14(10)16/h1-4,7-8,20H,5-6,9,19H2. The van der Waals surface area contributed by atoms with Gasteiger partial charge in [-0.15, -0.1) is 0 Å². The van der Waals surface area contributed by atoms with E-state index in [1.807, 2.05) is 12.1 Å². The van der Waals surface area contributed by atoms with E-state index >= 15 is 0 Å². The lowest BCUT2D eigenvalue weighted by Gasteiger charge is -2.25. The Bertz CT molecular complexity index is 674. The zero-order valence-corrected chi connectivity index (χ0v) is 12.5. The largest absolute Gasteiger partial charge is 0.399 e. The van der Waals surface area contributed by atoms with Crippen LogP contribution in [0.4, 0.5) is 10.1 Å². The zero-order chi connectivity index (χ0) is 14.3. The molecule has 0 aliphatic heterocycles. The molecule has 0 radical (unpaired) electrons. The molecule has 0 saturated carbocycles. The molecular formula is C16H15BrFNO. The van der Waals surface area contributed by atoms with E-state index in [-0.39, 0.29) is 5.82 Å². The van der Waals surface area contributed by atoms with Crippen LogP contribution in [0.25, 0.3) is 0 Å². The third-order valence-electron chi connectivity index (χ3n) is 3.93. The molecule has 104 valence electrons. The van der Waals surface area contributed by atoms with E-state index in [0.29, 0.717) is 18.5 Å². The molecule has 3 N–H and O–H groups in total. The molecule has 0 bridgehead atoms. The fourth-order valence-corrected chi connectivity index (χ4v) is 3.31. The van der Waals surface area contributed by atoms with Crippen LogP contribution in [0.1, 0.15) is 23.1 Å². The van der Waals surface area contributed by atoms with Gasteiger partial charge in [0.15, 0.2) is 0 Å². The van der Waals surface area contributed by atoms with Crippen LogP contribution >= 0.6 is 15.9 Å². The van der Waals surface area contributed by atoms with Gasteiger partial charge in [0, 0.05) is 16.6 Å². The van der Waals surface area contributed by atoms with Crippen LogP contribution < -0.4 is 5.73 Å². The number of halogens is 2. The Morgan fingerprint density at radius 2 is 2.05 bits per heavy atom. The Morgan fingerprint density at radius 1 is 1.25 bits per heavy atom. The summed E-state index contributed by atoms with van der Waals surface area (Å²) in [6, 6.07) is 10.1. The van der Waals surface area contributed by atoms with Crippen LogP contribution in [0.5, 0.6) is 0 Å². The maximum absolute atomic E-state index is 13.4. The highest BCUT2D eigenvalue weighted by molar-refractivity contribution is 9.10. The summed E-state index contributed by atoms with van der Waals surface area (Å²) in [5.41, 5.74) is 8.30. The molecule has 0 aromatic heterocycles. The van der Waals surface area contributed by atoms with Crippen molar-refractivity contribution in [3.63, 3.8) is 0 Å². The van der Waals surface area contributed by atoms with Gasteiger partial charge < -0.3 is 10.8 Å². The molecule has 2 nitrogen and oxygen atoms in total. The molecule has 0 heterocycles. The molecule has 1 unspecified atom stereocenters. The Hall–Kier alpha value is -1.39. The number of fused-ring (bicyclic) bond motifs is 1. The topological polar surface area (TPSA) is 46.2 Å². The van der Waals surface area contributed by atoms with Crippen LogP contribution in [0.3, 0.4) is 0 Å². The fraction of sp³-hybridized carbons (Fsp3) is 0.250. The van der Waals surface area contributed by atoms with E-state index in [1.54, 1.807) is 12.1 Å². The highest BCUT2D eigenvalue weighted by Gasteiger charge is 2.37. The second-order valence-electron chi connectivity index (χ2n) is 5.36. The zero-order valence-electron chi connectivity index (χ0n) is 10.9. The number of hydrogen-bond acceptors (Lipinski definition) is 2. The maximum atomic E-state index is 13.4. The van der Waals surface area contributed by atoms with E-state index < -0.39 is 5.60 Å². The molecule has 1 atom stereocenters. The Labute approximate surface area is 125 Å². The molecule has 1 aliphatic rings. The number of nitrogens with two attached hydrogens (primary N) is 1. The highest BCUT2D eigenvalue weighted by atomic mass is 79.9. The summed E-state index contributed by atoms with van der Waals surface area (Å²) < 4.78 is 14.2. The van der Waals surface area contributed by atoms with Crippen molar-refractivity contribution in [2.24, 2.45) is 0 Å². The molecular weight excluding hydrogens is 321 g/mol. The van der Waals surface area contributed by atoms with E-state index in [1.165, 1.54) is 12.1 Å². The monoisotopic (exact) mass is 335 g/mol. The van der Waals surface area contributed by atoms with Gasteiger partial charge >= 0.3 is 0 Å². The fourth-order valence-electron chi connectivity index (χ4n) is 2.93. The number of aliphatic hydroxyl groups is 1. The first-order valence-corrected chi connectivity index (χ1v) is 7.32. The van der Waals surface area contributed by atoms with Crippen LogP contribution in [0.15, 0.2) is 40.9 Å². The van der Waals surface area contributed by atoms with E-state index in [2.05, 4.69) is 15.9 Å². The van der Waals surface area contributed by atoms with Gasteiger partial charge in [-0.05, 0) is 59.9 Å². The molecule has 20 heavy (non-hydrogen) atoms. The van der Waals surface area contributed by atoms with Gasteiger partial charge in [-0.3, -0.25) is 0 Å². The van der Waals surface area contributed by atoms with Crippen molar-refractivity contribution in [1.82, 2.24) is 0 Å². The van der Waals surface area contributed by atoms with E-state index in [9.17, 15) is 9.50 Å². The summed E-state index contributed by atoms with van der Waals surface area (Å²) in [6.07, 6.45) is 1.82. The molecule has 2 aromatic carbocycles. The first kappa shape index (κ1) is 13.6. The minimum absolute atomic E-state index is 0.290. The molecule has 1 aliphatic carbocycles. The van der Waals surface area contributed by atoms with E-state index in [4.69, 9.17) is 5.73 Å². The lowest BCUT2D eigenvalue weighted by molar-refractivity contribution is 0.0387. The molecule has 3 rings (SSSR count). The van der Waals surface area contributed by atoms with Crippen molar-refractivity contribution < 1.29 is 9.50 Å². The number of benzene rings is 2. The lowest BCUT2D eigenvalue weighted by atomic mass is 9.88. The van der Waals surface area contributed by atoms with E-state index in [0.717, 1.165) is 27.6 Å². The number of hydrogen-bond donors (Lipinski definition) is 2. The van der Waals surface area contributed by atoms with Crippen molar-refractivity contribution in [1.29, 1.82) is 0 Å². The average molecular weight is 336 g/mol. The molecule has 0 fully saturated rings. The Kier molecular flexibility index (Phi) is 3.30. The SMILES string of the molecule is Nc1ccc2c(c1)CCC2(O)Cc1cc(F)ccc1Br. The van der Waals surface area contributed by atoms with Crippen LogP contribution in [-0.4, -0.2) is 5.11 Å². The van der Waals surface area contributed by atoms with Gasteiger partial charge in [0.2, 0.25) is 0 Å². The smallest absolute Gasteiger partial charge is 0.123 e. The summed E-state index contributed by atoms with van der Waals surface area (Å²) in [4.78, 5) is 0. The maximum Gasteiger partial charge on any atom is 0.123 e. The van der Waals surface area contributed by atoms with Crippen LogP contribution in [0.2, 0.25) is 0 Å². The van der Waals surface area contributed by atoms with Crippen molar-refractivity contribution in [2.45, 2.75) is 24.9 Å². The average Bonchev–Trinajstić information content (AvgIpc) is 2.71. The quantitative estimate of drug-likeness (QED) is 0.824. The summed E-state index contributed by atoms with van der Waals surface area (Å²) >= 11 is 3.42. The minimum Gasteiger partial charge on any atom is -0.399 e. The van der Waals surface area contributed by atoms with Gasteiger partial charge in [-0.2, -0.15) is 0 Å². The summed E-state index contributed by atoms with van der Waals surface area (Å²) in [5.74, 6) is -0.290. The third kappa shape index (κ3) is 2.34. The third-order valence-corrected chi connectivity index (χ3v) is 4.70. The minimum atomic E-state index is -0.945. The predicted octanol–water partition coefficient (Wildman–Crippen LogP) is 3.55. The normalized spacial score (nSPS) is 20.9. The molecule has 2 aromatic rings. The molecule has 0 saturated heterocycles. The van der Waals surface area contributed by atoms with Crippen molar-refractivity contribution in [3.8, 4) is 0 Å². The summed E-state index contributed by atoms with van der Waals surface area (Å²) in [6.45, 7) is 0.